The molecule has 6 heteroatoms. The molecular formula is C13H17N3O3. The number of nitrogen functional groups attached to an aromatic ring is 1. The maximum absolute atomic E-state index is 11.5. The van der Waals surface area contributed by atoms with Crippen LogP contribution in [-0.2, 0) is 9.53 Å². The van der Waals surface area contributed by atoms with Crippen molar-refractivity contribution in [2.24, 2.45) is 0 Å². The predicted molar refractivity (Wildman–Crippen MR) is 71.8 cm³/mol. The van der Waals surface area contributed by atoms with E-state index in [2.05, 4.69) is 15.4 Å². The Morgan fingerprint density at radius 3 is 3.00 bits per heavy atom. The van der Waals surface area contributed by atoms with Crippen LogP contribution in [0.3, 0.4) is 0 Å². The molecule has 1 fully saturated rings. The van der Waals surface area contributed by atoms with Crippen LogP contribution in [0, 0.1) is 0 Å². The summed E-state index contributed by atoms with van der Waals surface area (Å²) >= 11 is 0. The third kappa shape index (κ3) is 3.15. The van der Waals surface area contributed by atoms with Crippen LogP contribution in [0.5, 0.6) is 0 Å². The number of nitrogens with one attached hydrogen (secondary N) is 2. The Morgan fingerprint density at radius 2 is 2.37 bits per heavy atom. The number of hydrogen-bond acceptors (Lipinski definition) is 5. The number of rotatable bonds is 4. The van der Waals surface area contributed by atoms with Crippen LogP contribution < -0.4 is 16.4 Å². The first-order valence-corrected chi connectivity index (χ1v) is 6.11. The molecule has 1 heterocycles. The lowest BCUT2D eigenvalue weighted by Gasteiger charge is -2.13. The highest BCUT2D eigenvalue weighted by Gasteiger charge is 2.20. The van der Waals surface area contributed by atoms with Crippen LogP contribution in [-0.4, -0.2) is 31.6 Å². The van der Waals surface area contributed by atoms with E-state index in [0.717, 1.165) is 12.1 Å². The van der Waals surface area contributed by atoms with E-state index in [1.165, 1.54) is 7.11 Å². The Labute approximate surface area is 111 Å². The lowest BCUT2D eigenvalue weighted by atomic mass is 10.1. The van der Waals surface area contributed by atoms with Crippen molar-refractivity contribution in [3.8, 4) is 0 Å². The van der Waals surface area contributed by atoms with Gasteiger partial charge in [-0.25, -0.2) is 4.79 Å². The van der Waals surface area contributed by atoms with E-state index in [1.807, 2.05) is 0 Å². The van der Waals surface area contributed by atoms with E-state index in [0.29, 0.717) is 24.2 Å². The third-order valence-corrected chi connectivity index (χ3v) is 3.10. The summed E-state index contributed by atoms with van der Waals surface area (Å²) in [6, 6.07) is 5.23. The van der Waals surface area contributed by atoms with E-state index in [-0.39, 0.29) is 11.9 Å². The Morgan fingerprint density at radius 1 is 1.58 bits per heavy atom. The highest BCUT2D eigenvalue weighted by molar-refractivity contribution is 5.96. The number of amides is 1. The highest BCUT2D eigenvalue weighted by atomic mass is 16.5. The summed E-state index contributed by atoms with van der Waals surface area (Å²) in [6.07, 6.45) is 1.39. The van der Waals surface area contributed by atoms with Crippen LogP contribution in [0.1, 0.15) is 23.2 Å². The zero-order valence-corrected chi connectivity index (χ0v) is 10.7. The van der Waals surface area contributed by atoms with Crippen molar-refractivity contribution < 1.29 is 14.3 Å². The molecule has 4 N–H and O–H groups in total. The molecule has 19 heavy (non-hydrogen) atoms. The fourth-order valence-electron chi connectivity index (χ4n) is 2.02. The van der Waals surface area contributed by atoms with E-state index >= 15 is 0 Å². The van der Waals surface area contributed by atoms with Gasteiger partial charge in [-0.2, -0.15) is 0 Å². The van der Waals surface area contributed by atoms with Gasteiger partial charge in [-0.3, -0.25) is 4.79 Å². The fourth-order valence-corrected chi connectivity index (χ4v) is 2.02. The second kappa shape index (κ2) is 5.60. The largest absolute Gasteiger partial charge is 0.465 e. The minimum Gasteiger partial charge on any atom is -0.465 e. The zero-order valence-electron chi connectivity index (χ0n) is 10.7. The maximum Gasteiger partial charge on any atom is 0.340 e. The summed E-state index contributed by atoms with van der Waals surface area (Å²) in [7, 11) is 1.32. The van der Waals surface area contributed by atoms with Gasteiger partial charge in [0.15, 0.2) is 0 Å². The SMILES string of the molecule is COC(=O)c1cc(NCC2CCC(=O)N2)ccc1N. The molecule has 0 spiro atoms. The van der Waals surface area contributed by atoms with Gasteiger partial charge in [0.25, 0.3) is 0 Å². The molecule has 1 aliphatic heterocycles. The van der Waals surface area contributed by atoms with Crippen LogP contribution in [0.2, 0.25) is 0 Å². The summed E-state index contributed by atoms with van der Waals surface area (Å²) in [6.45, 7) is 0.621. The molecule has 1 amide bonds. The minimum absolute atomic E-state index is 0.0827. The standard InChI is InChI=1S/C13H17N3O3/c1-19-13(18)10-6-8(2-4-11(10)14)15-7-9-3-5-12(17)16-9/h2,4,6,9,15H,3,5,7,14H2,1H3,(H,16,17). The molecule has 2 rings (SSSR count). The maximum atomic E-state index is 11.5. The molecule has 102 valence electrons. The number of nitrogens with two attached hydrogens (primary N) is 1. The Kier molecular flexibility index (Phi) is 3.89. The van der Waals surface area contributed by atoms with Crippen molar-refractivity contribution in [3.63, 3.8) is 0 Å². The molecule has 0 bridgehead atoms. The molecule has 1 atom stereocenters. The lowest BCUT2D eigenvalue weighted by molar-refractivity contribution is -0.119. The molecule has 0 saturated carbocycles. The first-order valence-electron chi connectivity index (χ1n) is 6.11. The fraction of sp³-hybridized carbons (Fsp3) is 0.385. The van der Waals surface area contributed by atoms with Crippen molar-refractivity contribution in [2.75, 3.05) is 24.7 Å². The van der Waals surface area contributed by atoms with E-state index in [1.54, 1.807) is 18.2 Å². The Bertz CT molecular complexity index is 502. The summed E-state index contributed by atoms with van der Waals surface area (Å²) < 4.78 is 4.66. The Balaban J connectivity index is 2.00. The number of esters is 1. The number of ether oxygens (including phenoxy) is 1. The molecule has 1 saturated heterocycles. The van der Waals surface area contributed by atoms with Crippen LogP contribution >= 0.6 is 0 Å². The van der Waals surface area contributed by atoms with Gasteiger partial charge in [-0.05, 0) is 24.6 Å². The smallest absolute Gasteiger partial charge is 0.340 e. The van der Waals surface area contributed by atoms with E-state index < -0.39 is 5.97 Å². The first-order chi connectivity index (χ1) is 9.10. The third-order valence-electron chi connectivity index (χ3n) is 3.10. The molecule has 6 nitrogen and oxygen atoms in total. The average molecular weight is 263 g/mol. The highest BCUT2D eigenvalue weighted by Crippen LogP contribution is 2.19. The van der Waals surface area contributed by atoms with Gasteiger partial charge >= 0.3 is 5.97 Å². The van der Waals surface area contributed by atoms with Gasteiger partial charge in [0.1, 0.15) is 0 Å². The molecular weight excluding hydrogens is 246 g/mol. The molecule has 1 aromatic rings. The van der Waals surface area contributed by atoms with Crippen LogP contribution in [0.25, 0.3) is 0 Å². The first kappa shape index (κ1) is 13.2. The number of hydrogen-bond donors (Lipinski definition) is 3. The second-order valence-corrected chi connectivity index (χ2v) is 4.48. The van der Waals surface area contributed by atoms with E-state index in [9.17, 15) is 9.59 Å². The van der Waals surface area contributed by atoms with Crippen molar-refractivity contribution >= 4 is 23.3 Å². The molecule has 0 aromatic heterocycles. The summed E-state index contributed by atoms with van der Waals surface area (Å²) in [5, 5.41) is 6.04. The molecule has 1 unspecified atom stereocenters. The van der Waals surface area contributed by atoms with Gasteiger partial charge in [0.2, 0.25) is 5.91 Å². The summed E-state index contributed by atoms with van der Waals surface area (Å²) in [4.78, 5) is 22.6. The van der Waals surface area contributed by atoms with Gasteiger partial charge in [0.05, 0.1) is 12.7 Å². The lowest BCUT2D eigenvalue weighted by Crippen LogP contribution is -2.31. The van der Waals surface area contributed by atoms with Crippen LogP contribution in [0.15, 0.2) is 18.2 Å². The number of carbonyl (C=O) groups excluding carboxylic acids is 2. The number of methoxy groups -OCH3 is 1. The topological polar surface area (TPSA) is 93.4 Å². The van der Waals surface area contributed by atoms with E-state index in [4.69, 9.17) is 5.73 Å². The summed E-state index contributed by atoms with van der Waals surface area (Å²) in [5.74, 6) is -0.380. The van der Waals surface area contributed by atoms with Gasteiger partial charge in [-0.1, -0.05) is 0 Å². The number of benzene rings is 1. The van der Waals surface area contributed by atoms with Crippen LogP contribution in [0.4, 0.5) is 11.4 Å². The van der Waals surface area contributed by atoms with Gasteiger partial charge in [-0.15, -0.1) is 0 Å². The Hall–Kier alpha value is -2.24. The number of carbonyl (C=O) groups is 2. The molecule has 0 radical (unpaired) electrons. The average Bonchev–Trinajstić information content (AvgIpc) is 2.83. The molecule has 1 aliphatic rings. The number of anilines is 2. The van der Waals surface area contributed by atoms with Gasteiger partial charge < -0.3 is 21.1 Å². The summed E-state index contributed by atoms with van der Waals surface area (Å²) in [5.41, 5.74) is 7.21. The molecule has 1 aromatic carbocycles. The second-order valence-electron chi connectivity index (χ2n) is 4.48. The molecule has 0 aliphatic carbocycles. The predicted octanol–water partition coefficient (Wildman–Crippen LogP) is 0.746. The normalized spacial score (nSPS) is 17.9. The van der Waals surface area contributed by atoms with Crippen molar-refractivity contribution in [2.45, 2.75) is 18.9 Å². The zero-order chi connectivity index (χ0) is 13.8. The van der Waals surface area contributed by atoms with Crippen molar-refractivity contribution in [1.82, 2.24) is 5.32 Å². The monoisotopic (exact) mass is 263 g/mol. The van der Waals surface area contributed by atoms with Crippen molar-refractivity contribution in [3.05, 3.63) is 23.8 Å². The minimum atomic E-state index is -0.463. The quantitative estimate of drug-likeness (QED) is 0.550. The van der Waals surface area contributed by atoms with Crippen molar-refractivity contribution in [1.29, 1.82) is 0 Å². The van der Waals surface area contributed by atoms with Gasteiger partial charge in [0, 0.05) is 30.4 Å².